The van der Waals surface area contributed by atoms with Crippen LogP contribution in [0.5, 0.6) is 11.5 Å². The Labute approximate surface area is 145 Å². The number of anilines is 1. The third-order valence-electron chi connectivity index (χ3n) is 3.85. The lowest BCUT2D eigenvalue weighted by Gasteiger charge is -2.13. The third-order valence-corrected chi connectivity index (χ3v) is 3.85. The normalized spacial score (nSPS) is 13.3. The van der Waals surface area contributed by atoms with Crippen LogP contribution in [0.1, 0.15) is 17.8 Å². The number of para-hydroxylation sites is 1. The van der Waals surface area contributed by atoms with Gasteiger partial charge in [-0.3, -0.25) is 0 Å². The molecule has 1 aromatic carbocycles. The van der Waals surface area contributed by atoms with Gasteiger partial charge in [0.1, 0.15) is 5.82 Å². The molecule has 1 aliphatic rings. The molecule has 0 radical (unpaired) electrons. The standard InChI is InChI=1S/C18H18N4O3/c1-12-21-18(25-22-12)13-6-7-19-16(10-13)20-11-14-4-2-5-15-17(14)24-9-3-8-23-15/h2,4-7,10H,3,8-9,11H2,1H3,(H,19,20). The van der Waals surface area contributed by atoms with Crippen LogP contribution in [-0.4, -0.2) is 28.3 Å². The highest BCUT2D eigenvalue weighted by molar-refractivity contribution is 5.58. The predicted octanol–water partition coefficient (Wildman–Crippen LogP) is 3.21. The van der Waals surface area contributed by atoms with Gasteiger partial charge in [0.05, 0.1) is 13.2 Å². The topological polar surface area (TPSA) is 82.3 Å². The molecule has 0 bridgehead atoms. The Hall–Kier alpha value is -3.09. The molecule has 0 saturated heterocycles. The van der Waals surface area contributed by atoms with Crippen LogP contribution in [-0.2, 0) is 6.54 Å². The number of nitrogens with one attached hydrogen (secondary N) is 1. The van der Waals surface area contributed by atoms with Gasteiger partial charge < -0.3 is 19.3 Å². The molecule has 7 heteroatoms. The Balaban J connectivity index is 1.52. The highest BCUT2D eigenvalue weighted by Gasteiger charge is 2.14. The van der Waals surface area contributed by atoms with E-state index in [4.69, 9.17) is 14.0 Å². The van der Waals surface area contributed by atoms with Gasteiger partial charge in [-0.15, -0.1) is 0 Å². The van der Waals surface area contributed by atoms with Crippen LogP contribution < -0.4 is 14.8 Å². The zero-order valence-corrected chi connectivity index (χ0v) is 13.9. The largest absolute Gasteiger partial charge is 0.490 e. The number of hydrogen-bond acceptors (Lipinski definition) is 7. The van der Waals surface area contributed by atoms with Crippen LogP contribution in [0.25, 0.3) is 11.5 Å². The summed E-state index contributed by atoms with van der Waals surface area (Å²) in [6, 6.07) is 9.64. The van der Waals surface area contributed by atoms with Crippen molar-refractivity contribution in [2.24, 2.45) is 0 Å². The van der Waals surface area contributed by atoms with Crippen LogP contribution in [0.3, 0.4) is 0 Å². The van der Waals surface area contributed by atoms with E-state index in [9.17, 15) is 0 Å². The average molecular weight is 338 g/mol. The van der Waals surface area contributed by atoms with E-state index in [0.29, 0.717) is 31.5 Å². The molecule has 1 aliphatic heterocycles. The van der Waals surface area contributed by atoms with Gasteiger partial charge in [-0.2, -0.15) is 4.98 Å². The summed E-state index contributed by atoms with van der Waals surface area (Å²) in [7, 11) is 0. The van der Waals surface area contributed by atoms with E-state index in [-0.39, 0.29) is 0 Å². The summed E-state index contributed by atoms with van der Waals surface area (Å²) in [5.41, 5.74) is 1.85. The summed E-state index contributed by atoms with van der Waals surface area (Å²) >= 11 is 0. The second-order valence-corrected chi connectivity index (χ2v) is 5.72. The summed E-state index contributed by atoms with van der Waals surface area (Å²) in [5, 5.41) is 7.13. The maximum absolute atomic E-state index is 5.85. The van der Waals surface area contributed by atoms with Gasteiger partial charge in [0.2, 0.25) is 0 Å². The van der Waals surface area contributed by atoms with E-state index in [1.807, 2.05) is 30.3 Å². The van der Waals surface area contributed by atoms with E-state index >= 15 is 0 Å². The molecule has 128 valence electrons. The number of rotatable bonds is 4. The van der Waals surface area contributed by atoms with Crippen molar-refractivity contribution in [3.05, 3.63) is 47.9 Å². The fourth-order valence-corrected chi connectivity index (χ4v) is 2.65. The Morgan fingerprint density at radius 1 is 1.16 bits per heavy atom. The van der Waals surface area contributed by atoms with Gasteiger partial charge in [-0.25, -0.2) is 4.98 Å². The highest BCUT2D eigenvalue weighted by Crippen LogP contribution is 2.33. The number of nitrogens with zero attached hydrogens (tertiary/aromatic N) is 3. The van der Waals surface area contributed by atoms with Crippen molar-refractivity contribution < 1.29 is 14.0 Å². The van der Waals surface area contributed by atoms with Crippen LogP contribution in [0.2, 0.25) is 0 Å². The molecule has 4 rings (SSSR count). The minimum atomic E-state index is 0.480. The molecule has 0 fully saturated rings. The molecule has 0 aliphatic carbocycles. The smallest absolute Gasteiger partial charge is 0.258 e. The first-order valence-electron chi connectivity index (χ1n) is 8.18. The van der Waals surface area contributed by atoms with Gasteiger partial charge in [0.15, 0.2) is 17.3 Å². The summed E-state index contributed by atoms with van der Waals surface area (Å²) in [6.07, 6.45) is 2.59. The van der Waals surface area contributed by atoms with Crippen LogP contribution in [0.15, 0.2) is 41.1 Å². The van der Waals surface area contributed by atoms with Gasteiger partial charge in [0.25, 0.3) is 5.89 Å². The molecule has 3 heterocycles. The van der Waals surface area contributed by atoms with Crippen LogP contribution in [0, 0.1) is 6.92 Å². The molecule has 25 heavy (non-hydrogen) atoms. The lowest BCUT2D eigenvalue weighted by Crippen LogP contribution is -2.04. The maximum Gasteiger partial charge on any atom is 0.258 e. The maximum atomic E-state index is 5.85. The van der Waals surface area contributed by atoms with Crippen molar-refractivity contribution in [3.8, 4) is 23.0 Å². The minimum Gasteiger partial charge on any atom is -0.490 e. The number of hydrogen-bond donors (Lipinski definition) is 1. The molecule has 0 amide bonds. The highest BCUT2D eigenvalue weighted by atomic mass is 16.5. The SMILES string of the molecule is Cc1noc(-c2ccnc(NCc3cccc4c3OCCCO4)c2)n1. The molecular formula is C18H18N4O3. The number of ether oxygens (including phenoxy) is 2. The van der Waals surface area contributed by atoms with Gasteiger partial charge in [-0.1, -0.05) is 17.3 Å². The fraction of sp³-hybridized carbons (Fsp3) is 0.278. The predicted molar refractivity (Wildman–Crippen MR) is 91.6 cm³/mol. The monoisotopic (exact) mass is 338 g/mol. The lowest BCUT2D eigenvalue weighted by molar-refractivity contribution is 0.296. The van der Waals surface area contributed by atoms with Crippen molar-refractivity contribution in [3.63, 3.8) is 0 Å². The Bertz CT molecular complexity index is 878. The zero-order chi connectivity index (χ0) is 17.1. The lowest BCUT2D eigenvalue weighted by atomic mass is 10.2. The van der Waals surface area contributed by atoms with Crippen molar-refractivity contribution in [1.82, 2.24) is 15.1 Å². The number of fused-ring (bicyclic) bond motifs is 1. The molecule has 1 N–H and O–H groups in total. The summed E-state index contributed by atoms with van der Waals surface area (Å²) in [6.45, 7) is 3.70. The van der Waals surface area contributed by atoms with Crippen LogP contribution in [0.4, 0.5) is 5.82 Å². The minimum absolute atomic E-state index is 0.480. The second-order valence-electron chi connectivity index (χ2n) is 5.72. The van der Waals surface area contributed by atoms with Crippen LogP contribution >= 0.6 is 0 Å². The van der Waals surface area contributed by atoms with E-state index in [1.54, 1.807) is 13.1 Å². The summed E-state index contributed by atoms with van der Waals surface area (Å²) < 4.78 is 16.8. The first kappa shape index (κ1) is 15.4. The first-order valence-corrected chi connectivity index (χ1v) is 8.18. The molecule has 7 nitrogen and oxygen atoms in total. The summed E-state index contributed by atoms with van der Waals surface area (Å²) in [5.74, 6) is 3.40. The quantitative estimate of drug-likeness (QED) is 0.782. The van der Waals surface area contributed by atoms with E-state index in [1.165, 1.54) is 0 Å². The van der Waals surface area contributed by atoms with Crippen molar-refractivity contribution in [1.29, 1.82) is 0 Å². The van der Waals surface area contributed by atoms with Crippen molar-refractivity contribution in [2.75, 3.05) is 18.5 Å². The van der Waals surface area contributed by atoms with E-state index < -0.39 is 0 Å². The average Bonchev–Trinajstić information content (AvgIpc) is 2.93. The van der Waals surface area contributed by atoms with Gasteiger partial charge in [-0.05, 0) is 25.1 Å². The fourth-order valence-electron chi connectivity index (χ4n) is 2.65. The number of pyridine rings is 1. The van der Waals surface area contributed by atoms with E-state index in [0.717, 1.165) is 34.9 Å². The molecule has 3 aromatic rings. The van der Waals surface area contributed by atoms with Crippen molar-refractivity contribution >= 4 is 5.82 Å². The van der Waals surface area contributed by atoms with E-state index in [2.05, 4.69) is 20.4 Å². The van der Waals surface area contributed by atoms with Gasteiger partial charge in [0, 0.05) is 30.3 Å². The number of aryl methyl sites for hydroxylation is 1. The Morgan fingerprint density at radius 2 is 2.08 bits per heavy atom. The zero-order valence-electron chi connectivity index (χ0n) is 13.9. The number of benzene rings is 1. The molecule has 2 aromatic heterocycles. The molecule has 0 saturated carbocycles. The first-order chi connectivity index (χ1) is 12.3. The second kappa shape index (κ2) is 6.80. The third kappa shape index (κ3) is 3.40. The van der Waals surface area contributed by atoms with Crippen molar-refractivity contribution in [2.45, 2.75) is 19.9 Å². The molecule has 0 unspecified atom stereocenters. The molecular weight excluding hydrogens is 320 g/mol. The Morgan fingerprint density at radius 3 is 2.96 bits per heavy atom. The number of aromatic nitrogens is 3. The molecule has 0 spiro atoms. The molecule has 0 atom stereocenters. The van der Waals surface area contributed by atoms with Gasteiger partial charge >= 0.3 is 0 Å². The Kier molecular flexibility index (Phi) is 4.20. The summed E-state index contributed by atoms with van der Waals surface area (Å²) in [4.78, 5) is 8.58.